The first-order valence-corrected chi connectivity index (χ1v) is 5.88. The van der Waals surface area contributed by atoms with Gasteiger partial charge in [0.2, 0.25) is 0 Å². The van der Waals surface area contributed by atoms with Crippen molar-refractivity contribution in [1.29, 1.82) is 0 Å². The minimum absolute atomic E-state index is 0.222. The lowest BCUT2D eigenvalue weighted by Gasteiger charge is -2.13. The molecule has 3 rings (SSSR count). The SMILES string of the molecule is Cc1cc(F)c(-c2cn3c(n2)CNCC3)cc1F. The Kier molecular flexibility index (Phi) is 2.63. The molecule has 2 heterocycles. The molecule has 18 heavy (non-hydrogen) atoms. The summed E-state index contributed by atoms with van der Waals surface area (Å²) < 4.78 is 29.3. The van der Waals surface area contributed by atoms with Crippen LogP contribution in [-0.2, 0) is 13.1 Å². The fraction of sp³-hybridized carbons (Fsp3) is 0.308. The van der Waals surface area contributed by atoms with E-state index in [2.05, 4.69) is 10.3 Å². The molecule has 0 unspecified atom stereocenters. The molecule has 94 valence electrons. The van der Waals surface area contributed by atoms with Crippen molar-refractivity contribution in [2.75, 3.05) is 6.54 Å². The summed E-state index contributed by atoms with van der Waals surface area (Å²) in [5.41, 5.74) is 1.02. The van der Waals surface area contributed by atoms with Crippen molar-refractivity contribution < 1.29 is 8.78 Å². The van der Waals surface area contributed by atoms with E-state index < -0.39 is 11.6 Å². The molecule has 0 saturated carbocycles. The van der Waals surface area contributed by atoms with Gasteiger partial charge < -0.3 is 9.88 Å². The second-order valence-corrected chi connectivity index (χ2v) is 4.49. The van der Waals surface area contributed by atoms with Crippen molar-refractivity contribution in [3.63, 3.8) is 0 Å². The van der Waals surface area contributed by atoms with E-state index in [0.717, 1.165) is 18.9 Å². The molecule has 0 aliphatic carbocycles. The maximum atomic E-state index is 13.8. The van der Waals surface area contributed by atoms with Crippen molar-refractivity contribution in [2.45, 2.75) is 20.0 Å². The second-order valence-electron chi connectivity index (χ2n) is 4.49. The molecular weight excluding hydrogens is 236 g/mol. The van der Waals surface area contributed by atoms with Crippen molar-refractivity contribution in [2.24, 2.45) is 0 Å². The molecule has 0 amide bonds. The van der Waals surface area contributed by atoms with Gasteiger partial charge in [0.15, 0.2) is 0 Å². The van der Waals surface area contributed by atoms with Crippen LogP contribution in [0.25, 0.3) is 11.3 Å². The molecule has 0 bridgehead atoms. The predicted molar refractivity (Wildman–Crippen MR) is 64.0 cm³/mol. The number of halogens is 2. The zero-order valence-electron chi connectivity index (χ0n) is 10.0. The number of hydrogen-bond donors (Lipinski definition) is 1. The average molecular weight is 249 g/mol. The van der Waals surface area contributed by atoms with E-state index in [1.807, 2.05) is 4.57 Å². The minimum atomic E-state index is -0.433. The van der Waals surface area contributed by atoms with Crippen LogP contribution >= 0.6 is 0 Å². The molecule has 1 aliphatic rings. The monoisotopic (exact) mass is 249 g/mol. The topological polar surface area (TPSA) is 29.9 Å². The lowest BCUT2D eigenvalue weighted by atomic mass is 10.1. The highest BCUT2D eigenvalue weighted by atomic mass is 19.1. The minimum Gasteiger partial charge on any atom is -0.332 e. The van der Waals surface area contributed by atoms with Crippen LogP contribution in [0.3, 0.4) is 0 Å². The van der Waals surface area contributed by atoms with E-state index in [-0.39, 0.29) is 5.56 Å². The van der Waals surface area contributed by atoms with Crippen LogP contribution < -0.4 is 5.32 Å². The third-order valence-corrected chi connectivity index (χ3v) is 3.20. The van der Waals surface area contributed by atoms with E-state index >= 15 is 0 Å². The van der Waals surface area contributed by atoms with Gasteiger partial charge in [-0.05, 0) is 24.6 Å². The molecule has 5 heteroatoms. The molecule has 3 nitrogen and oxygen atoms in total. The summed E-state index contributed by atoms with van der Waals surface area (Å²) in [4.78, 5) is 4.35. The number of rotatable bonds is 1. The van der Waals surface area contributed by atoms with Gasteiger partial charge in [-0.1, -0.05) is 0 Å². The number of nitrogens with zero attached hydrogens (tertiary/aromatic N) is 2. The Balaban J connectivity index is 2.09. The second kappa shape index (κ2) is 4.17. The molecule has 2 aromatic rings. The van der Waals surface area contributed by atoms with Crippen molar-refractivity contribution >= 4 is 0 Å². The van der Waals surface area contributed by atoms with Crippen molar-refractivity contribution in [1.82, 2.24) is 14.9 Å². The van der Waals surface area contributed by atoms with Crippen LogP contribution in [-0.4, -0.2) is 16.1 Å². The molecule has 1 aromatic carbocycles. The van der Waals surface area contributed by atoms with Gasteiger partial charge in [-0.25, -0.2) is 13.8 Å². The zero-order chi connectivity index (χ0) is 12.7. The summed E-state index contributed by atoms with van der Waals surface area (Å²) in [7, 11) is 0. The normalized spacial score (nSPS) is 14.6. The number of aryl methyl sites for hydroxylation is 1. The van der Waals surface area contributed by atoms with Crippen LogP contribution in [0.5, 0.6) is 0 Å². The van der Waals surface area contributed by atoms with Gasteiger partial charge in [-0.15, -0.1) is 0 Å². The third kappa shape index (κ3) is 1.80. The maximum Gasteiger partial charge on any atom is 0.133 e. The molecule has 0 atom stereocenters. The van der Waals surface area contributed by atoms with Crippen LogP contribution in [0, 0.1) is 18.6 Å². The number of imidazole rings is 1. The molecule has 0 fully saturated rings. The number of benzene rings is 1. The molecule has 1 aliphatic heterocycles. The highest BCUT2D eigenvalue weighted by Gasteiger charge is 2.16. The Morgan fingerprint density at radius 2 is 2.11 bits per heavy atom. The number of fused-ring (bicyclic) bond motifs is 1. The number of aromatic nitrogens is 2. The molecular formula is C13H13F2N3. The maximum absolute atomic E-state index is 13.8. The summed E-state index contributed by atoms with van der Waals surface area (Å²) in [6.45, 7) is 3.88. The van der Waals surface area contributed by atoms with Gasteiger partial charge in [0.25, 0.3) is 0 Å². The van der Waals surface area contributed by atoms with Gasteiger partial charge in [0.1, 0.15) is 17.5 Å². The van der Waals surface area contributed by atoms with E-state index in [1.54, 1.807) is 13.1 Å². The Bertz CT molecular complexity index is 581. The summed E-state index contributed by atoms with van der Waals surface area (Å²) in [5.74, 6) is 0.0180. The fourth-order valence-electron chi connectivity index (χ4n) is 2.16. The summed E-state index contributed by atoms with van der Waals surface area (Å²) in [6, 6.07) is 2.42. The zero-order valence-corrected chi connectivity index (χ0v) is 10.0. The van der Waals surface area contributed by atoms with Crippen LogP contribution in [0.1, 0.15) is 11.4 Å². The Labute approximate surface area is 103 Å². The highest BCUT2D eigenvalue weighted by Crippen LogP contribution is 2.25. The summed E-state index contributed by atoms with van der Waals surface area (Å²) >= 11 is 0. The highest BCUT2D eigenvalue weighted by molar-refractivity contribution is 5.60. The molecule has 1 aromatic heterocycles. The van der Waals surface area contributed by atoms with Gasteiger partial charge in [-0.3, -0.25) is 0 Å². The standard InChI is InChI=1S/C13H13F2N3/c1-8-4-11(15)9(5-10(8)14)12-7-18-3-2-16-6-13(18)17-12/h4-5,7,16H,2-3,6H2,1H3. The molecule has 0 radical (unpaired) electrons. The van der Waals surface area contributed by atoms with Gasteiger partial charge in [0.05, 0.1) is 12.2 Å². The lowest BCUT2D eigenvalue weighted by molar-refractivity contribution is 0.505. The fourth-order valence-corrected chi connectivity index (χ4v) is 2.16. The van der Waals surface area contributed by atoms with Crippen molar-refractivity contribution in [3.05, 3.63) is 41.4 Å². The van der Waals surface area contributed by atoms with E-state index in [1.165, 1.54) is 12.1 Å². The Morgan fingerprint density at radius 3 is 2.89 bits per heavy atom. The Morgan fingerprint density at radius 1 is 1.28 bits per heavy atom. The van der Waals surface area contributed by atoms with Gasteiger partial charge in [0, 0.05) is 24.8 Å². The van der Waals surface area contributed by atoms with Gasteiger partial charge >= 0.3 is 0 Å². The summed E-state index contributed by atoms with van der Waals surface area (Å²) in [5, 5.41) is 3.19. The van der Waals surface area contributed by atoms with E-state index in [0.29, 0.717) is 17.8 Å². The van der Waals surface area contributed by atoms with E-state index in [9.17, 15) is 8.78 Å². The third-order valence-electron chi connectivity index (χ3n) is 3.20. The number of hydrogen-bond acceptors (Lipinski definition) is 2. The molecule has 0 spiro atoms. The smallest absolute Gasteiger partial charge is 0.133 e. The average Bonchev–Trinajstić information content (AvgIpc) is 2.77. The predicted octanol–water partition coefficient (Wildman–Crippen LogP) is 2.24. The quantitative estimate of drug-likeness (QED) is 0.840. The first-order chi connectivity index (χ1) is 8.65. The summed E-state index contributed by atoms with van der Waals surface area (Å²) in [6.07, 6.45) is 1.78. The van der Waals surface area contributed by atoms with Gasteiger partial charge in [-0.2, -0.15) is 0 Å². The van der Waals surface area contributed by atoms with Crippen LogP contribution in [0.4, 0.5) is 8.78 Å². The van der Waals surface area contributed by atoms with Crippen molar-refractivity contribution in [3.8, 4) is 11.3 Å². The number of nitrogens with one attached hydrogen (secondary N) is 1. The van der Waals surface area contributed by atoms with Crippen LogP contribution in [0.15, 0.2) is 18.3 Å². The Hall–Kier alpha value is -1.75. The lowest BCUT2D eigenvalue weighted by Crippen LogP contribution is -2.27. The van der Waals surface area contributed by atoms with Crippen LogP contribution in [0.2, 0.25) is 0 Å². The molecule has 0 saturated heterocycles. The van der Waals surface area contributed by atoms with E-state index in [4.69, 9.17) is 0 Å². The first-order valence-electron chi connectivity index (χ1n) is 5.88. The first kappa shape index (κ1) is 11.3. The largest absolute Gasteiger partial charge is 0.332 e. The molecule has 1 N–H and O–H groups in total.